The van der Waals surface area contributed by atoms with E-state index in [0.29, 0.717) is 0 Å². The van der Waals surface area contributed by atoms with Gasteiger partial charge in [-0.15, -0.1) is 0 Å². The molecule has 0 saturated carbocycles. The van der Waals surface area contributed by atoms with Crippen molar-refractivity contribution < 1.29 is 14.7 Å². The molecule has 3 N–H and O–H groups in total. The van der Waals surface area contributed by atoms with E-state index in [1.165, 1.54) is 0 Å². The molecular weight excluding hydrogens is 208 g/mol. The first-order chi connectivity index (χ1) is 7.51. The van der Waals surface area contributed by atoms with Crippen molar-refractivity contribution >= 4 is 17.9 Å². The van der Waals surface area contributed by atoms with Gasteiger partial charge in [0.25, 0.3) is 0 Å². The van der Waals surface area contributed by atoms with Crippen LogP contribution in [0, 0.1) is 0 Å². The summed E-state index contributed by atoms with van der Waals surface area (Å²) >= 11 is 0. The molecule has 0 unspecified atom stereocenters. The van der Waals surface area contributed by atoms with E-state index in [9.17, 15) is 9.59 Å². The lowest BCUT2D eigenvalue weighted by Crippen LogP contribution is -2.10. The SMILES string of the molecule is CN(C)c1ccc(C=O)cc1.NCC(=O)O. The van der Waals surface area contributed by atoms with E-state index >= 15 is 0 Å². The van der Waals surface area contributed by atoms with Crippen LogP contribution in [0.5, 0.6) is 0 Å². The van der Waals surface area contributed by atoms with Crippen molar-refractivity contribution in [3.8, 4) is 0 Å². The van der Waals surface area contributed by atoms with Crippen LogP contribution in [0.15, 0.2) is 24.3 Å². The Balaban J connectivity index is 0.000000385. The predicted octanol–water partition coefficient (Wildman–Crippen LogP) is 0.595. The van der Waals surface area contributed by atoms with Crippen LogP contribution in [0.1, 0.15) is 10.4 Å². The Bertz CT molecular complexity index is 334. The smallest absolute Gasteiger partial charge is 0.317 e. The summed E-state index contributed by atoms with van der Waals surface area (Å²) in [6, 6.07) is 7.46. The van der Waals surface area contributed by atoms with Crippen LogP contribution in [0.25, 0.3) is 0 Å². The molecule has 0 heterocycles. The maximum Gasteiger partial charge on any atom is 0.317 e. The lowest BCUT2D eigenvalue weighted by Gasteiger charge is -2.11. The van der Waals surface area contributed by atoms with E-state index < -0.39 is 5.97 Å². The highest BCUT2D eigenvalue weighted by molar-refractivity contribution is 5.75. The number of hydrogen-bond acceptors (Lipinski definition) is 4. The average Bonchev–Trinajstić information content (AvgIpc) is 2.29. The molecule has 0 radical (unpaired) electrons. The van der Waals surface area contributed by atoms with Crippen LogP contribution in [-0.4, -0.2) is 38.0 Å². The summed E-state index contributed by atoms with van der Waals surface area (Å²) in [5.41, 5.74) is 6.40. The zero-order chi connectivity index (χ0) is 12.6. The first-order valence-electron chi connectivity index (χ1n) is 4.65. The fourth-order valence-electron chi connectivity index (χ4n) is 0.851. The number of nitrogens with zero attached hydrogens (tertiary/aromatic N) is 1. The van der Waals surface area contributed by atoms with Crippen molar-refractivity contribution in [2.45, 2.75) is 0 Å². The van der Waals surface area contributed by atoms with Crippen molar-refractivity contribution in [1.82, 2.24) is 0 Å². The summed E-state index contributed by atoms with van der Waals surface area (Å²) in [6.07, 6.45) is 0.847. The normalized spacial score (nSPS) is 8.69. The molecule has 1 aromatic carbocycles. The molecule has 0 atom stereocenters. The highest BCUT2D eigenvalue weighted by atomic mass is 16.4. The van der Waals surface area contributed by atoms with Crippen LogP contribution in [0.4, 0.5) is 5.69 Å². The Kier molecular flexibility index (Phi) is 6.55. The van der Waals surface area contributed by atoms with Crippen molar-refractivity contribution in [1.29, 1.82) is 0 Å². The molecule has 16 heavy (non-hydrogen) atoms. The largest absolute Gasteiger partial charge is 0.480 e. The van der Waals surface area contributed by atoms with Crippen LogP contribution in [-0.2, 0) is 4.79 Å². The molecule has 0 aliphatic carbocycles. The van der Waals surface area contributed by atoms with Gasteiger partial charge in [-0.05, 0) is 24.3 Å². The van der Waals surface area contributed by atoms with Gasteiger partial charge in [-0.3, -0.25) is 9.59 Å². The number of nitrogens with two attached hydrogens (primary N) is 1. The van der Waals surface area contributed by atoms with Crippen LogP contribution in [0.2, 0.25) is 0 Å². The monoisotopic (exact) mass is 224 g/mol. The third-order valence-electron chi connectivity index (χ3n) is 1.72. The molecule has 88 valence electrons. The summed E-state index contributed by atoms with van der Waals surface area (Å²) in [5.74, 6) is -0.968. The molecule has 0 fully saturated rings. The number of aldehydes is 1. The number of carbonyl (C=O) groups is 2. The van der Waals surface area contributed by atoms with Gasteiger partial charge >= 0.3 is 5.97 Å². The van der Waals surface area contributed by atoms with E-state index in [0.717, 1.165) is 17.5 Å². The molecule has 5 heteroatoms. The van der Waals surface area contributed by atoms with Crippen molar-refractivity contribution in [3.05, 3.63) is 29.8 Å². The van der Waals surface area contributed by atoms with Crippen LogP contribution in [0.3, 0.4) is 0 Å². The van der Waals surface area contributed by atoms with E-state index in [4.69, 9.17) is 5.11 Å². The minimum atomic E-state index is -0.968. The molecule has 0 aliphatic heterocycles. The molecule has 0 aliphatic rings. The maximum absolute atomic E-state index is 10.3. The number of carboxylic acids is 1. The van der Waals surface area contributed by atoms with Gasteiger partial charge in [-0.1, -0.05) is 0 Å². The predicted molar refractivity (Wildman–Crippen MR) is 62.8 cm³/mol. The highest BCUT2D eigenvalue weighted by Gasteiger charge is 1.93. The molecule has 0 aromatic heterocycles. The Morgan fingerprint density at radius 1 is 1.38 bits per heavy atom. The zero-order valence-electron chi connectivity index (χ0n) is 9.38. The minimum absolute atomic E-state index is 0.278. The molecule has 1 aromatic rings. The molecule has 0 bridgehead atoms. The third-order valence-corrected chi connectivity index (χ3v) is 1.72. The van der Waals surface area contributed by atoms with Crippen molar-refractivity contribution in [3.63, 3.8) is 0 Å². The topological polar surface area (TPSA) is 83.6 Å². The quantitative estimate of drug-likeness (QED) is 0.734. The lowest BCUT2D eigenvalue weighted by molar-refractivity contribution is -0.135. The average molecular weight is 224 g/mol. The second-order valence-corrected chi connectivity index (χ2v) is 3.20. The standard InChI is InChI=1S/C9H11NO.C2H5NO2/c1-10(2)9-5-3-8(7-11)4-6-9;3-1-2(4)5/h3-7H,1-2H3;1,3H2,(H,4,5). The van der Waals surface area contributed by atoms with Gasteiger partial charge in [-0.25, -0.2) is 0 Å². The van der Waals surface area contributed by atoms with Gasteiger partial charge in [0.2, 0.25) is 0 Å². The lowest BCUT2D eigenvalue weighted by atomic mass is 10.2. The second-order valence-electron chi connectivity index (χ2n) is 3.20. The summed E-state index contributed by atoms with van der Waals surface area (Å²) in [5, 5.41) is 7.60. The number of hydrogen-bond donors (Lipinski definition) is 2. The number of anilines is 1. The Morgan fingerprint density at radius 2 is 1.81 bits per heavy atom. The zero-order valence-corrected chi connectivity index (χ0v) is 9.38. The van der Waals surface area contributed by atoms with Gasteiger partial charge < -0.3 is 15.7 Å². The summed E-state index contributed by atoms with van der Waals surface area (Å²) in [6.45, 7) is -0.278. The second kappa shape index (κ2) is 7.42. The Hall–Kier alpha value is -1.88. The van der Waals surface area contributed by atoms with Gasteiger partial charge in [0.05, 0.1) is 6.54 Å². The summed E-state index contributed by atoms with van der Waals surface area (Å²) in [4.78, 5) is 21.5. The molecular formula is C11H16N2O3. The van der Waals surface area contributed by atoms with E-state index in [-0.39, 0.29) is 6.54 Å². The van der Waals surface area contributed by atoms with Gasteiger partial charge in [0.1, 0.15) is 6.29 Å². The molecule has 0 amide bonds. The first kappa shape index (κ1) is 14.1. The number of rotatable bonds is 3. The molecule has 0 saturated heterocycles. The fraction of sp³-hybridized carbons (Fsp3) is 0.273. The van der Waals surface area contributed by atoms with Crippen LogP contribution < -0.4 is 10.6 Å². The van der Waals surface area contributed by atoms with Crippen LogP contribution >= 0.6 is 0 Å². The Labute approximate surface area is 94.5 Å². The third kappa shape index (κ3) is 5.77. The highest BCUT2D eigenvalue weighted by Crippen LogP contribution is 2.10. The minimum Gasteiger partial charge on any atom is -0.480 e. The fourth-order valence-corrected chi connectivity index (χ4v) is 0.851. The summed E-state index contributed by atoms with van der Waals surface area (Å²) < 4.78 is 0. The van der Waals surface area contributed by atoms with Gasteiger partial charge in [0.15, 0.2) is 0 Å². The molecule has 5 nitrogen and oxygen atoms in total. The molecule has 1 rings (SSSR count). The molecule has 0 spiro atoms. The number of aliphatic carboxylic acids is 1. The van der Waals surface area contributed by atoms with Crippen molar-refractivity contribution in [2.75, 3.05) is 25.5 Å². The first-order valence-corrected chi connectivity index (χ1v) is 4.65. The number of carbonyl (C=O) groups excluding carboxylic acids is 1. The van der Waals surface area contributed by atoms with E-state index in [1.54, 1.807) is 0 Å². The maximum atomic E-state index is 10.3. The van der Waals surface area contributed by atoms with Crippen molar-refractivity contribution in [2.24, 2.45) is 5.73 Å². The Morgan fingerprint density at radius 3 is 2.06 bits per heavy atom. The number of carboxylic acid groups (broad SMARTS) is 1. The number of benzene rings is 1. The van der Waals surface area contributed by atoms with Gasteiger partial charge in [0, 0.05) is 25.3 Å². The van der Waals surface area contributed by atoms with E-state index in [2.05, 4.69) is 5.73 Å². The summed E-state index contributed by atoms with van der Waals surface area (Å²) in [7, 11) is 3.94. The van der Waals surface area contributed by atoms with Gasteiger partial charge in [-0.2, -0.15) is 0 Å². The van der Waals surface area contributed by atoms with E-state index in [1.807, 2.05) is 43.3 Å².